The van der Waals surface area contributed by atoms with Crippen LogP contribution in [0.2, 0.25) is 0 Å². The number of benzene rings is 5. The maximum absolute atomic E-state index is 10.3. The van der Waals surface area contributed by atoms with Gasteiger partial charge in [0.25, 0.3) is 0 Å². The fourth-order valence-electron chi connectivity index (χ4n) is 6.58. The van der Waals surface area contributed by atoms with Crippen LogP contribution in [0.4, 0.5) is 0 Å². The van der Waals surface area contributed by atoms with Gasteiger partial charge in [0.15, 0.2) is 0 Å². The topological polar surface area (TPSA) is 52.5 Å². The van der Waals surface area contributed by atoms with Crippen molar-refractivity contribution in [3.63, 3.8) is 0 Å². The molecule has 5 aromatic carbocycles. The number of thiophene rings is 1. The minimum atomic E-state index is -0.228. The zero-order valence-electron chi connectivity index (χ0n) is 22.5. The van der Waals surface area contributed by atoms with E-state index in [0.717, 1.165) is 32.9 Å². The van der Waals surface area contributed by atoms with Crippen molar-refractivity contribution < 1.29 is 0 Å². The molecule has 7 aromatic rings. The molecule has 0 N–H and O–H groups in total. The highest BCUT2D eigenvalue weighted by atomic mass is 32.1. The highest BCUT2D eigenvalue weighted by Gasteiger charge is 2.31. The van der Waals surface area contributed by atoms with Crippen LogP contribution >= 0.6 is 11.3 Å². The summed E-state index contributed by atoms with van der Waals surface area (Å²) in [5.74, 6) is -0.0510. The highest BCUT2D eigenvalue weighted by Crippen LogP contribution is 2.44. The maximum Gasteiger partial charge on any atom is 0.0991 e. The van der Waals surface area contributed by atoms with E-state index in [0.29, 0.717) is 11.1 Å². The Morgan fingerprint density at radius 2 is 1.40 bits per heavy atom. The second kappa shape index (κ2) is 9.60. The van der Waals surface area contributed by atoms with E-state index in [1.165, 1.54) is 25.7 Å². The summed E-state index contributed by atoms with van der Waals surface area (Å²) in [6, 6.07) is 42.8. The van der Waals surface area contributed by atoms with E-state index in [4.69, 9.17) is 0 Å². The van der Waals surface area contributed by atoms with Gasteiger partial charge in [-0.25, -0.2) is 0 Å². The Morgan fingerprint density at radius 1 is 0.619 bits per heavy atom. The monoisotopic (exact) mass is 553 g/mol. The van der Waals surface area contributed by atoms with E-state index in [9.17, 15) is 10.5 Å². The maximum atomic E-state index is 10.3. The van der Waals surface area contributed by atoms with E-state index in [2.05, 4.69) is 102 Å². The predicted molar refractivity (Wildman–Crippen MR) is 174 cm³/mol. The summed E-state index contributed by atoms with van der Waals surface area (Å²) in [5, 5.41) is 24.6. The van der Waals surface area contributed by atoms with Crippen molar-refractivity contribution in [2.75, 3.05) is 0 Å². The van der Waals surface area contributed by atoms with Crippen LogP contribution in [0.3, 0.4) is 0 Å². The van der Waals surface area contributed by atoms with Gasteiger partial charge < -0.3 is 4.57 Å². The number of aromatic nitrogens is 1. The minimum absolute atomic E-state index is 0.0510. The molecule has 42 heavy (non-hydrogen) atoms. The lowest BCUT2D eigenvalue weighted by Crippen LogP contribution is -2.20. The molecular weight excluding hydrogens is 531 g/mol. The Labute approximate surface area is 247 Å². The average Bonchev–Trinajstić information content (AvgIpc) is 3.59. The standard InChI is InChI=1S/C38H23N3S/c39-22-24-15-17-35-32(19-24)30-10-1-3-13-34(30)41(35)38-28(23-40)9-6-12-29(38)27-8-5-7-25(20-27)26-16-18-37-33(21-26)31-11-2-4-14-36(31)42-37/h1-21,29,38H/t29-,38?/m0/s1. The first-order valence-electron chi connectivity index (χ1n) is 14.0. The van der Waals surface area contributed by atoms with Crippen molar-refractivity contribution in [1.82, 2.24) is 4.57 Å². The molecule has 1 unspecified atom stereocenters. The number of rotatable bonds is 3. The van der Waals surface area contributed by atoms with Gasteiger partial charge in [0, 0.05) is 47.9 Å². The predicted octanol–water partition coefficient (Wildman–Crippen LogP) is 10.0. The van der Waals surface area contributed by atoms with Crippen LogP contribution in [0.1, 0.15) is 23.1 Å². The van der Waals surface area contributed by atoms with Crippen molar-refractivity contribution in [3.8, 4) is 23.3 Å². The first-order valence-corrected chi connectivity index (χ1v) is 14.8. The second-order valence-electron chi connectivity index (χ2n) is 10.8. The largest absolute Gasteiger partial charge is 0.331 e. The second-order valence-corrected chi connectivity index (χ2v) is 11.8. The van der Waals surface area contributed by atoms with Gasteiger partial charge in [-0.3, -0.25) is 0 Å². The van der Waals surface area contributed by atoms with Crippen molar-refractivity contribution >= 4 is 53.3 Å². The fraction of sp³-hybridized carbons (Fsp3) is 0.0526. The van der Waals surface area contributed by atoms with Gasteiger partial charge in [-0.1, -0.05) is 78.9 Å². The average molecular weight is 554 g/mol. The van der Waals surface area contributed by atoms with E-state index >= 15 is 0 Å². The van der Waals surface area contributed by atoms with Gasteiger partial charge in [-0.2, -0.15) is 10.5 Å². The molecule has 0 aliphatic heterocycles. The zero-order chi connectivity index (χ0) is 28.2. The molecule has 0 bridgehead atoms. The molecule has 1 aliphatic carbocycles. The van der Waals surface area contributed by atoms with Crippen LogP contribution in [0, 0.1) is 22.7 Å². The smallest absolute Gasteiger partial charge is 0.0991 e. The first kappa shape index (κ1) is 24.4. The molecule has 2 heterocycles. The van der Waals surface area contributed by atoms with E-state index in [-0.39, 0.29) is 12.0 Å². The third kappa shape index (κ3) is 3.71. The Bertz CT molecular complexity index is 2350. The molecule has 2 atom stereocenters. The quantitative estimate of drug-likeness (QED) is 0.219. The number of hydrogen-bond acceptors (Lipinski definition) is 3. The van der Waals surface area contributed by atoms with Gasteiger partial charge in [0.1, 0.15) is 0 Å². The third-order valence-electron chi connectivity index (χ3n) is 8.48. The summed E-state index contributed by atoms with van der Waals surface area (Å²) >= 11 is 1.83. The molecule has 4 heteroatoms. The molecule has 0 saturated heterocycles. The SMILES string of the molecule is N#CC1=CC=C[C@@H](c2cccc(-c3ccc4sc5ccccc5c4c3)c2)C1n1c2ccccc2c2cc(C#N)ccc21. The Kier molecular flexibility index (Phi) is 5.57. The lowest BCUT2D eigenvalue weighted by Gasteiger charge is -2.30. The van der Waals surface area contributed by atoms with Crippen LogP contribution in [-0.2, 0) is 0 Å². The molecule has 0 fully saturated rings. The lowest BCUT2D eigenvalue weighted by molar-refractivity contribution is 0.558. The summed E-state index contributed by atoms with van der Waals surface area (Å²) in [6.45, 7) is 0. The first-order chi connectivity index (χ1) is 20.7. The minimum Gasteiger partial charge on any atom is -0.331 e. The third-order valence-corrected chi connectivity index (χ3v) is 9.63. The molecule has 0 spiro atoms. The normalized spacial score (nSPS) is 16.6. The molecule has 3 nitrogen and oxygen atoms in total. The fourth-order valence-corrected chi connectivity index (χ4v) is 7.66. The molecule has 0 radical (unpaired) electrons. The summed E-state index contributed by atoms with van der Waals surface area (Å²) in [4.78, 5) is 0. The summed E-state index contributed by atoms with van der Waals surface area (Å²) < 4.78 is 4.89. The van der Waals surface area contributed by atoms with Gasteiger partial charge in [-0.05, 0) is 65.2 Å². The molecule has 2 aromatic heterocycles. The van der Waals surface area contributed by atoms with E-state index < -0.39 is 0 Å². The number of nitrogens with zero attached hydrogens (tertiary/aromatic N) is 3. The van der Waals surface area contributed by atoms with Crippen LogP contribution < -0.4 is 0 Å². The number of para-hydroxylation sites is 1. The number of hydrogen-bond donors (Lipinski definition) is 0. The highest BCUT2D eigenvalue weighted by molar-refractivity contribution is 7.25. The van der Waals surface area contributed by atoms with E-state index in [1.54, 1.807) is 0 Å². The Balaban J connectivity index is 1.30. The molecule has 8 rings (SSSR count). The summed E-state index contributed by atoms with van der Waals surface area (Å²) in [6.07, 6.45) is 6.16. The van der Waals surface area contributed by atoms with Crippen LogP contribution in [0.5, 0.6) is 0 Å². The summed E-state index contributed by atoms with van der Waals surface area (Å²) in [5.41, 5.74) is 6.92. The van der Waals surface area contributed by atoms with Crippen LogP contribution in [0.15, 0.2) is 133 Å². The Morgan fingerprint density at radius 3 is 2.29 bits per heavy atom. The van der Waals surface area contributed by atoms with Crippen LogP contribution in [0.25, 0.3) is 53.1 Å². The molecule has 0 amide bonds. The van der Waals surface area contributed by atoms with Crippen molar-refractivity contribution in [2.24, 2.45) is 0 Å². The number of fused-ring (bicyclic) bond motifs is 6. The number of allylic oxidation sites excluding steroid dienone is 4. The van der Waals surface area contributed by atoms with Gasteiger partial charge >= 0.3 is 0 Å². The van der Waals surface area contributed by atoms with Crippen molar-refractivity contribution in [1.29, 1.82) is 10.5 Å². The zero-order valence-corrected chi connectivity index (χ0v) is 23.3. The number of nitriles is 2. The lowest BCUT2D eigenvalue weighted by atomic mass is 9.82. The molecule has 0 saturated carbocycles. The Hall–Kier alpha value is -5.42. The van der Waals surface area contributed by atoms with E-state index in [1.807, 2.05) is 53.8 Å². The molecule has 1 aliphatic rings. The van der Waals surface area contributed by atoms with Gasteiger partial charge in [-0.15, -0.1) is 11.3 Å². The van der Waals surface area contributed by atoms with Crippen molar-refractivity contribution in [2.45, 2.75) is 12.0 Å². The van der Waals surface area contributed by atoms with Crippen molar-refractivity contribution in [3.05, 3.63) is 144 Å². The molecule has 196 valence electrons. The van der Waals surface area contributed by atoms with Gasteiger partial charge in [0.05, 0.1) is 29.3 Å². The molecular formula is C38H23N3S. The summed E-state index contributed by atoms with van der Waals surface area (Å²) in [7, 11) is 0. The van der Waals surface area contributed by atoms with Crippen LogP contribution in [-0.4, -0.2) is 4.57 Å². The van der Waals surface area contributed by atoms with Gasteiger partial charge in [0.2, 0.25) is 0 Å².